The summed E-state index contributed by atoms with van der Waals surface area (Å²) in [5.41, 5.74) is 0.212. The number of aryl methyl sites for hydroxylation is 1. The fourth-order valence-electron chi connectivity index (χ4n) is 2.30. The number of nitrogens with zero attached hydrogens (tertiary/aromatic N) is 1. The number of aliphatic hydroxyl groups is 1. The van der Waals surface area contributed by atoms with Gasteiger partial charge < -0.3 is 5.11 Å². The van der Waals surface area contributed by atoms with E-state index in [-0.39, 0.29) is 22.1 Å². The monoisotopic (exact) mass is 317 g/mol. The van der Waals surface area contributed by atoms with Crippen LogP contribution in [0.25, 0.3) is 0 Å². The largest absolute Gasteiger partial charge is 0.392 e. The molecule has 21 heavy (non-hydrogen) atoms. The molecule has 0 radical (unpaired) electrons. The van der Waals surface area contributed by atoms with E-state index < -0.39 is 22.4 Å². The summed E-state index contributed by atoms with van der Waals surface area (Å²) in [4.78, 5) is 0.0172. The molecule has 1 unspecified atom stereocenters. The zero-order valence-electron chi connectivity index (χ0n) is 13.2. The average Bonchev–Trinajstić information content (AvgIpc) is 2.39. The van der Waals surface area contributed by atoms with E-state index in [2.05, 4.69) is 0 Å². The molecule has 0 saturated heterocycles. The van der Waals surface area contributed by atoms with Crippen LogP contribution in [0, 0.1) is 18.7 Å². The summed E-state index contributed by atoms with van der Waals surface area (Å²) in [5.74, 6) is -0.185. The lowest BCUT2D eigenvalue weighted by molar-refractivity contribution is 0.275. The van der Waals surface area contributed by atoms with Crippen molar-refractivity contribution in [3.8, 4) is 0 Å². The van der Waals surface area contributed by atoms with Crippen molar-refractivity contribution in [2.24, 2.45) is 5.92 Å². The number of benzene rings is 1. The number of hydrogen-bond acceptors (Lipinski definition) is 3. The van der Waals surface area contributed by atoms with E-state index in [4.69, 9.17) is 5.11 Å². The highest BCUT2D eigenvalue weighted by molar-refractivity contribution is 7.89. The normalized spacial score (nSPS) is 14.0. The molecule has 0 aliphatic heterocycles. The van der Waals surface area contributed by atoms with Gasteiger partial charge in [-0.25, -0.2) is 12.8 Å². The summed E-state index contributed by atoms with van der Waals surface area (Å²) in [6, 6.07) is 2.36. The van der Waals surface area contributed by atoms with Crippen LogP contribution in [-0.4, -0.2) is 30.9 Å². The highest BCUT2D eigenvalue weighted by atomic mass is 32.2. The molecule has 1 aromatic rings. The number of sulfonamides is 1. The van der Waals surface area contributed by atoms with Crippen LogP contribution in [0.4, 0.5) is 4.39 Å². The maximum Gasteiger partial charge on any atom is 0.243 e. The summed E-state index contributed by atoms with van der Waals surface area (Å²) >= 11 is 0. The highest BCUT2D eigenvalue weighted by Gasteiger charge is 2.27. The fourth-order valence-corrected chi connectivity index (χ4v) is 3.81. The van der Waals surface area contributed by atoms with Gasteiger partial charge in [0.15, 0.2) is 0 Å². The van der Waals surface area contributed by atoms with E-state index in [1.54, 1.807) is 0 Å². The Labute approximate surface area is 126 Å². The van der Waals surface area contributed by atoms with Gasteiger partial charge in [0.25, 0.3) is 0 Å². The van der Waals surface area contributed by atoms with Gasteiger partial charge in [0, 0.05) is 18.7 Å². The van der Waals surface area contributed by atoms with E-state index in [9.17, 15) is 12.8 Å². The summed E-state index contributed by atoms with van der Waals surface area (Å²) in [6.07, 6.45) is 0.739. The van der Waals surface area contributed by atoms with E-state index in [1.807, 2.05) is 20.8 Å². The molecule has 0 saturated carbocycles. The van der Waals surface area contributed by atoms with E-state index in [1.165, 1.54) is 30.4 Å². The number of hydrogen-bond donors (Lipinski definition) is 1. The number of aliphatic hydroxyl groups excluding tert-OH is 1. The smallest absolute Gasteiger partial charge is 0.243 e. The maximum absolute atomic E-state index is 13.7. The predicted molar refractivity (Wildman–Crippen MR) is 80.9 cm³/mol. The first-order valence-corrected chi connectivity index (χ1v) is 8.43. The third kappa shape index (κ3) is 4.02. The molecular weight excluding hydrogens is 293 g/mol. The molecule has 0 fully saturated rings. The minimum absolute atomic E-state index is 0.00140. The third-order valence-corrected chi connectivity index (χ3v) is 5.53. The Morgan fingerprint density at radius 2 is 1.86 bits per heavy atom. The Morgan fingerprint density at radius 3 is 2.33 bits per heavy atom. The molecule has 0 aliphatic rings. The molecule has 0 aromatic heterocycles. The Hall–Kier alpha value is -0.980. The second kappa shape index (κ2) is 6.85. The van der Waals surface area contributed by atoms with Crippen LogP contribution in [-0.2, 0) is 16.6 Å². The summed E-state index contributed by atoms with van der Waals surface area (Å²) in [5, 5.41) is 9.15. The molecular formula is C15H24FNO3S. The molecule has 0 aliphatic carbocycles. The highest BCUT2D eigenvalue weighted by Crippen LogP contribution is 2.24. The molecule has 1 rings (SSSR count). The maximum atomic E-state index is 13.7. The SMILES string of the molecule is Cc1cc(S(=O)(=O)N(C)C(C)CC(C)C)cc(CO)c1F. The first-order valence-electron chi connectivity index (χ1n) is 6.99. The molecule has 120 valence electrons. The molecule has 0 bridgehead atoms. The van der Waals surface area contributed by atoms with Crippen LogP contribution in [0.3, 0.4) is 0 Å². The van der Waals surface area contributed by atoms with Crippen LogP contribution in [0.5, 0.6) is 0 Å². The van der Waals surface area contributed by atoms with Crippen molar-refractivity contribution >= 4 is 10.0 Å². The minimum atomic E-state index is -3.70. The lowest BCUT2D eigenvalue weighted by Crippen LogP contribution is -2.36. The number of halogens is 1. The van der Waals surface area contributed by atoms with Gasteiger partial charge in [0.2, 0.25) is 10.0 Å². The first-order chi connectivity index (χ1) is 9.61. The molecule has 1 atom stereocenters. The predicted octanol–water partition coefficient (Wildman–Crippen LogP) is 2.68. The van der Waals surface area contributed by atoms with Crippen LogP contribution in [0.15, 0.2) is 17.0 Å². The summed E-state index contributed by atoms with van der Waals surface area (Å²) in [6.45, 7) is 6.87. The van der Waals surface area contributed by atoms with Gasteiger partial charge in [0.05, 0.1) is 11.5 Å². The topological polar surface area (TPSA) is 57.6 Å². The second-order valence-corrected chi connectivity index (χ2v) is 7.87. The summed E-state index contributed by atoms with van der Waals surface area (Å²) < 4.78 is 40.3. The first kappa shape index (κ1) is 18.1. The lowest BCUT2D eigenvalue weighted by Gasteiger charge is -2.26. The molecule has 0 spiro atoms. The standard InChI is InChI=1S/C15H24FNO3S/c1-10(2)6-12(4)17(5)21(19,20)14-7-11(3)15(16)13(8-14)9-18/h7-8,10,12,18H,6,9H2,1-5H3. The van der Waals surface area contributed by atoms with Gasteiger partial charge in [-0.2, -0.15) is 4.31 Å². The van der Waals surface area contributed by atoms with Crippen molar-refractivity contribution in [3.63, 3.8) is 0 Å². The lowest BCUT2D eigenvalue weighted by atomic mass is 10.1. The second-order valence-electron chi connectivity index (χ2n) is 5.87. The molecule has 0 amide bonds. The van der Waals surface area contributed by atoms with Gasteiger partial charge >= 0.3 is 0 Å². The Kier molecular flexibility index (Phi) is 5.90. The van der Waals surface area contributed by atoms with E-state index in [0.717, 1.165) is 6.42 Å². The van der Waals surface area contributed by atoms with Gasteiger partial charge in [-0.05, 0) is 43.9 Å². The van der Waals surface area contributed by atoms with E-state index in [0.29, 0.717) is 5.92 Å². The minimum Gasteiger partial charge on any atom is -0.392 e. The molecule has 4 nitrogen and oxygen atoms in total. The van der Waals surface area contributed by atoms with Crippen molar-refractivity contribution in [3.05, 3.63) is 29.1 Å². The quantitative estimate of drug-likeness (QED) is 0.877. The molecule has 1 aromatic carbocycles. The van der Waals surface area contributed by atoms with Crippen molar-refractivity contribution in [1.29, 1.82) is 0 Å². The number of rotatable bonds is 6. The third-order valence-electron chi connectivity index (χ3n) is 3.58. The van der Waals surface area contributed by atoms with Crippen LogP contribution < -0.4 is 0 Å². The van der Waals surface area contributed by atoms with Crippen molar-refractivity contribution < 1.29 is 17.9 Å². The Balaban J connectivity index is 3.22. The van der Waals surface area contributed by atoms with E-state index >= 15 is 0 Å². The van der Waals surface area contributed by atoms with Gasteiger partial charge in [-0.3, -0.25) is 0 Å². The fraction of sp³-hybridized carbons (Fsp3) is 0.600. The van der Waals surface area contributed by atoms with Crippen LogP contribution in [0.2, 0.25) is 0 Å². The zero-order valence-corrected chi connectivity index (χ0v) is 14.0. The molecule has 1 N–H and O–H groups in total. The van der Waals surface area contributed by atoms with Gasteiger partial charge in [-0.15, -0.1) is 0 Å². The molecule has 6 heteroatoms. The van der Waals surface area contributed by atoms with Gasteiger partial charge in [-0.1, -0.05) is 13.8 Å². The van der Waals surface area contributed by atoms with Crippen molar-refractivity contribution in [2.75, 3.05) is 7.05 Å². The summed E-state index contributed by atoms with van der Waals surface area (Å²) in [7, 11) is -2.17. The Bertz CT molecular complexity index is 599. The van der Waals surface area contributed by atoms with Crippen molar-refractivity contribution in [1.82, 2.24) is 4.31 Å². The van der Waals surface area contributed by atoms with Crippen LogP contribution in [0.1, 0.15) is 38.3 Å². The Morgan fingerprint density at radius 1 is 1.29 bits per heavy atom. The zero-order chi connectivity index (χ0) is 16.4. The molecule has 0 heterocycles. The van der Waals surface area contributed by atoms with Gasteiger partial charge in [0.1, 0.15) is 5.82 Å². The van der Waals surface area contributed by atoms with Crippen LogP contribution >= 0.6 is 0 Å². The average molecular weight is 317 g/mol. The van der Waals surface area contributed by atoms with Crippen molar-refractivity contribution in [2.45, 2.75) is 51.7 Å².